The van der Waals surface area contributed by atoms with Crippen LogP contribution in [-0.2, 0) is 16.1 Å². The molecular formula is C15H15N5O2S. The van der Waals surface area contributed by atoms with Crippen molar-refractivity contribution in [1.29, 1.82) is 0 Å². The molecule has 0 amide bonds. The maximum Gasteiger partial charge on any atom is 0.316 e. The average Bonchev–Trinajstić information content (AvgIpc) is 2.98. The zero-order valence-corrected chi connectivity index (χ0v) is 13.6. The molecule has 1 aromatic carbocycles. The molecule has 0 aliphatic carbocycles. The van der Waals surface area contributed by atoms with E-state index >= 15 is 0 Å². The van der Waals surface area contributed by atoms with Crippen molar-refractivity contribution in [1.82, 2.24) is 25.0 Å². The summed E-state index contributed by atoms with van der Waals surface area (Å²) in [5, 5.41) is 8.93. The summed E-state index contributed by atoms with van der Waals surface area (Å²) in [6.07, 6.45) is 1.46. The van der Waals surface area contributed by atoms with Crippen LogP contribution in [0.3, 0.4) is 0 Å². The van der Waals surface area contributed by atoms with E-state index in [1.807, 2.05) is 6.92 Å². The highest BCUT2D eigenvalue weighted by Crippen LogP contribution is 2.22. The van der Waals surface area contributed by atoms with Crippen LogP contribution in [0.15, 0.2) is 35.6 Å². The van der Waals surface area contributed by atoms with E-state index in [0.717, 1.165) is 5.56 Å². The standard InChI is InChI=1S/C15H15N5O2S/c1-10-3-5-11(6-4-10)7-20-14-13(18-19-20)15(17-9-16-14)23-8-12(21)22-2/h3-6,9H,7-8H2,1-2H3. The van der Waals surface area contributed by atoms with Gasteiger partial charge in [-0.15, -0.1) is 5.10 Å². The van der Waals surface area contributed by atoms with Gasteiger partial charge in [-0.3, -0.25) is 4.79 Å². The van der Waals surface area contributed by atoms with Gasteiger partial charge in [0.05, 0.1) is 19.4 Å². The maximum absolute atomic E-state index is 11.3. The number of aryl methyl sites for hydroxylation is 1. The lowest BCUT2D eigenvalue weighted by molar-refractivity contribution is -0.137. The van der Waals surface area contributed by atoms with Crippen molar-refractivity contribution in [3.63, 3.8) is 0 Å². The number of esters is 1. The molecule has 0 N–H and O–H groups in total. The lowest BCUT2D eigenvalue weighted by Gasteiger charge is -2.03. The molecule has 2 aromatic heterocycles. The third-order valence-electron chi connectivity index (χ3n) is 3.27. The topological polar surface area (TPSA) is 82.8 Å². The molecule has 0 bridgehead atoms. The summed E-state index contributed by atoms with van der Waals surface area (Å²) in [6.45, 7) is 2.63. The lowest BCUT2D eigenvalue weighted by Crippen LogP contribution is -2.04. The predicted octanol–water partition coefficient (Wildman–Crippen LogP) is 1.84. The smallest absolute Gasteiger partial charge is 0.316 e. The highest BCUT2D eigenvalue weighted by molar-refractivity contribution is 8.00. The van der Waals surface area contributed by atoms with E-state index in [9.17, 15) is 4.79 Å². The zero-order valence-electron chi connectivity index (χ0n) is 12.8. The van der Waals surface area contributed by atoms with Crippen molar-refractivity contribution >= 4 is 28.9 Å². The Labute approximate surface area is 137 Å². The molecule has 23 heavy (non-hydrogen) atoms. The summed E-state index contributed by atoms with van der Waals surface area (Å²) >= 11 is 1.26. The largest absolute Gasteiger partial charge is 0.468 e. The number of carbonyl (C=O) groups excluding carboxylic acids is 1. The fourth-order valence-corrected chi connectivity index (χ4v) is 2.80. The molecule has 2 heterocycles. The Morgan fingerprint density at radius 2 is 2.04 bits per heavy atom. The first-order chi connectivity index (χ1) is 11.2. The minimum absolute atomic E-state index is 0.174. The van der Waals surface area contributed by atoms with Gasteiger partial charge in [0.1, 0.15) is 11.4 Å². The van der Waals surface area contributed by atoms with Crippen molar-refractivity contribution in [2.24, 2.45) is 0 Å². The number of hydrogen-bond donors (Lipinski definition) is 0. The number of benzene rings is 1. The number of fused-ring (bicyclic) bond motifs is 1. The van der Waals surface area contributed by atoms with Gasteiger partial charge in [0.15, 0.2) is 11.2 Å². The zero-order chi connectivity index (χ0) is 16.2. The summed E-state index contributed by atoms with van der Waals surface area (Å²) in [5.41, 5.74) is 3.56. The minimum atomic E-state index is -0.311. The van der Waals surface area contributed by atoms with Crippen LogP contribution in [-0.4, -0.2) is 43.8 Å². The van der Waals surface area contributed by atoms with Crippen LogP contribution in [0, 0.1) is 6.92 Å². The number of thioether (sulfide) groups is 1. The number of hydrogen-bond acceptors (Lipinski definition) is 7. The Morgan fingerprint density at radius 3 is 2.78 bits per heavy atom. The van der Waals surface area contributed by atoms with Crippen molar-refractivity contribution in [3.8, 4) is 0 Å². The van der Waals surface area contributed by atoms with Crippen LogP contribution in [0.4, 0.5) is 0 Å². The van der Waals surface area contributed by atoms with Crippen LogP contribution >= 0.6 is 11.8 Å². The molecule has 0 spiro atoms. The van der Waals surface area contributed by atoms with E-state index in [0.29, 0.717) is 22.7 Å². The first kappa shape index (κ1) is 15.4. The van der Waals surface area contributed by atoms with Gasteiger partial charge < -0.3 is 4.74 Å². The molecule has 0 saturated carbocycles. The molecule has 0 radical (unpaired) electrons. The van der Waals surface area contributed by atoms with Gasteiger partial charge in [-0.05, 0) is 12.5 Å². The lowest BCUT2D eigenvalue weighted by atomic mass is 10.1. The van der Waals surface area contributed by atoms with Crippen molar-refractivity contribution < 1.29 is 9.53 Å². The monoisotopic (exact) mass is 329 g/mol. The van der Waals surface area contributed by atoms with Crippen LogP contribution in [0.5, 0.6) is 0 Å². The maximum atomic E-state index is 11.3. The quantitative estimate of drug-likeness (QED) is 0.401. The van der Waals surface area contributed by atoms with E-state index in [1.165, 1.54) is 30.8 Å². The van der Waals surface area contributed by atoms with Crippen molar-refractivity contribution in [2.45, 2.75) is 18.5 Å². The molecule has 0 atom stereocenters. The number of methoxy groups -OCH3 is 1. The van der Waals surface area contributed by atoms with E-state index in [4.69, 9.17) is 0 Å². The van der Waals surface area contributed by atoms with Gasteiger partial charge >= 0.3 is 5.97 Å². The Bertz CT molecular complexity index is 832. The third-order valence-corrected chi connectivity index (χ3v) is 4.23. The molecule has 0 unspecified atom stereocenters. The van der Waals surface area contributed by atoms with Gasteiger partial charge in [0.2, 0.25) is 0 Å². The van der Waals surface area contributed by atoms with Crippen LogP contribution < -0.4 is 0 Å². The molecule has 0 aliphatic heterocycles. The SMILES string of the molecule is COC(=O)CSc1ncnc2c1nnn2Cc1ccc(C)cc1. The Morgan fingerprint density at radius 1 is 1.26 bits per heavy atom. The van der Waals surface area contributed by atoms with Crippen molar-refractivity contribution in [2.75, 3.05) is 12.9 Å². The molecule has 7 nitrogen and oxygen atoms in total. The Hall–Kier alpha value is -2.48. The first-order valence-corrected chi connectivity index (χ1v) is 7.95. The van der Waals surface area contributed by atoms with E-state index in [2.05, 4.69) is 49.3 Å². The Balaban J connectivity index is 1.85. The fourth-order valence-electron chi connectivity index (χ4n) is 2.04. The predicted molar refractivity (Wildman–Crippen MR) is 86.1 cm³/mol. The van der Waals surface area contributed by atoms with Crippen LogP contribution in [0.25, 0.3) is 11.2 Å². The van der Waals surface area contributed by atoms with Crippen molar-refractivity contribution in [3.05, 3.63) is 41.7 Å². The molecule has 3 aromatic rings. The summed E-state index contributed by atoms with van der Waals surface area (Å²) in [5.74, 6) is -0.137. The number of nitrogens with zero attached hydrogens (tertiary/aromatic N) is 5. The number of carbonyl (C=O) groups is 1. The second-order valence-corrected chi connectivity index (χ2v) is 5.91. The van der Waals surface area contributed by atoms with Gasteiger partial charge in [-0.1, -0.05) is 46.8 Å². The fraction of sp³-hybridized carbons (Fsp3) is 0.267. The van der Waals surface area contributed by atoms with Gasteiger partial charge in [0.25, 0.3) is 0 Å². The highest BCUT2D eigenvalue weighted by Gasteiger charge is 2.14. The second kappa shape index (κ2) is 6.74. The second-order valence-electron chi connectivity index (χ2n) is 4.95. The van der Waals surface area contributed by atoms with Gasteiger partial charge in [0, 0.05) is 0 Å². The van der Waals surface area contributed by atoms with E-state index < -0.39 is 0 Å². The molecule has 3 rings (SSSR count). The number of ether oxygens (including phenoxy) is 1. The molecule has 118 valence electrons. The first-order valence-electron chi connectivity index (χ1n) is 6.96. The van der Waals surface area contributed by atoms with Crippen LogP contribution in [0.1, 0.15) is 11.1 Å². The summed E-state index contributed by atoms with van der Waals surface area (Å²) in [7, 11) is 1.36. The molecule has 0 fully saturated rings. The highest BCUT2D eigenvalue weighted by atomic mass is 32.2. The summed E-state index contributed by atoms with van der Waals surface area (Å²) in [6, 6.07) is 8.22. The number of rotatable bonds is 5. The number of aromatic nitrogens is 5. The van der Waals surface area contributed by atoms with Gasteiger partial charge in [-0.25, -0.2) is 14.6 Å². The molecule has 0 aliphatic rings. The molecule has 0 saturated heterocycles. The Kier molecular flexibility index (Phi) is 4.52. The van der Waals surface area contributed by atoms with Crippen LogP contribution in [0.2, 0.25) is 0 Å². The summed E-state index contributed by atoms with van der Waals surface area (Å²) in [4.78, 5) is 19.7. The summed E-state index contributed by atoms with van der Waals surface area (Å²) < 4.78 is 6.36. The minimum Gasteiger partial charge on any atom is -0.468 e. The molecule has 8 heteroatoms. The van der Waals surface area contributed by atoms with Gasteiger partial charge in [-0.2, -0.15) is 0 Å². The van der Waals surface area contributed by atoms with E-state index in [1.54, 1.807) is 4.68 Å². The third kappa shape index (κ3) is 3.48. The average molecular weight is 329 g/mol. The normalized spacial score (nSPS) is 10.9. The van der Waals surface area contributed by atoms with E-state index in [-0.39, 0.29) is 11.7 Å². The molecular weight excluding hydrogens is 314 g/mol.